The van der Waals surface area contributed by atoms with Gasteiger partial charge < -0.3 is 40.9 Å². The minimum Gasteiger partial charge on any atom is -0.394 e. The molecule has 2 saturated carbocycles. The van der Waals surface area contributed by atoms with Gasteiger partial charge in [-0.25, -0.2) is 0 Å². The highest BCUT2D eigenvalue weighted by Gasteiger charge is 2.41. The van der Waals surface area contributed by atoms with Crippen LogP contribution in [0.15, 0.2) is 97.6 Å². The van der Waals surface area contributed by atoms with Crippen molar-refractivity contribution in [3.63, 3.8) is 0 Å². The molecule has 2 aliphatic carbocycles. The fourth-order valence-electron chi connectivity index (χ4n) is 6.62. The minimum absolute atomic E-state index is 0. The van der Waals surface area contributed by atoms with Crippen molar-refractivity contribution in [1.82, 2.24) is 0 Å². The van der Waals surface area contributed by atoms with Crippen molar-refractivity contribution in [3.8, 4) is 0 Å². The number of rotatable bonds is 15. The van der Waals surface area contributed by atoms with Crippen LogP contribution in [0.25, 0.3) is 0 Å². The molecular formula is C39H58O8. The highest BCUT2D eigenvalue weighted by Crippen LogP contribution is 2.37. The molecule has 262 valence electrons. The summed E-state index contributed by atoms with van der Waals surface area (Å²) < 4.78 is 0. The monoisotopic (exact) mass is 654 g/mol. The van der Waals surface area contributed by atoms with E-state index in [4.69, 9.17) is 5.11 Å². The van der Waals surface area contributed by atoms with E-state index in [1.54, 1.807) is 24.3 Å². The molecular weight excluding hydrogens is 596 g/mol. The number of hydrogen-bond donors (Lipinski definition) is 8. The van der Waals surface area contributed by atoms with Crippen LogP contribution < -0.4 is 0 Å². The van der Waals surface area contributed by atoms with Gasteiger partial charge in [-0.1, -0.05) is 98.5 Å². The van der Waals surface area contributed by atoms with E-state index in [0.29, 0.717) is 25.7 Å². The molecule has 0 spiro atoms. The first kappa shape index (κ1) is 40.5. The molecule has 0 saturated heterocycles. The predicted octanol–water partition coefficient (Wildman–Crippen LogP) is 3.74. The Kier molecular flexibility index (Phi) is 18.4. The molecule has 8 nitrogen and oxygen atoms in total. The normalized spacial score (nSPS) is 29.2. The minimum atomic E-state index is -0.908. The highest BCUT2D eigenvalue weighted by molar-refractivity contribution is 5.16. The summed E-state index contributed by atoms with van der Waals surface area (Å²) in [5.74, 6) is -0.767. The van der Waals surface area contributed by atoms with Gasteiger partial charge >= 0.3 is 0 Å². The van der Waals surface area contributed by atoms with Crippen LogP contribution in [0.5, 0.6) is 0 Å². The third kappa shape index (κ3) is 13.4. The standard InChI is InChI=1S/C19H28O5.C19H26O3.CH4/c20-12-15(22)10-17-16(18(23)11-19(17)24)9-8-14(21)7-6-13-4-2-1-3-5-13;1-2-6-16-17(19(22)13-18(16)21)12-11-15(20)10-9-14-7-4-3-5-8-14;/h1-5,8-9,14-24H,6-7,10-12H2;2-5,7-8,11-12,15-22H,1,6,9-10,13H2;1H4/b9-8+;12-11+;/t14-,15?,16+,17+,18+,19-;15-,16+,17+,18-,19+;/m00./s1. The molecule has 0 bridgehead atoms. The molecule has 2 aromatic rings. The maximum Gasteiger partial charge on any atom is 0.0774 e. The topological polar surface area (TPSA) is 162 Å². The van der Waals surface area contributed by atoms with Crippen molar-refractivity contribution < 1.29 is 40.9 Å². The number of aliphatic hydroxyl groups is 8. The Morgan fingerprint density at radius 2 is 1.09 bits per heavy atom. The summed E-state index contributed by atoms with van der Waals surface area (Å²) in [5.41, 5.74) is 2.36. The zero-order chi connectivity index (χ0) is 33.5. The van der Waals surface area contributed by atoms with Gasteiger partial charge in [0.25, 0.3) is 0 Å². The molecule has 0 heterocycles. The lowest BCUT2D eigenvalue weighted by Crippen LogP contribution is -2.27. The number of allylic oxidation sites excluding steroid dienone is 1. The first-order valence-corrected chi connectivity index (χ1v) is 16.6. The maximum absolute atomic E-state index is 10.1. The second-order valence-electron chi connectivity index (χ2n) is 12.8. The summed E-state index contributed by atoms with van der Waals surface area (Å²) in [7, 11) is 0. The zero-order valence-corrected chi connectivity index (χ0v) is 26.7. The summed E-state index contributed by atoms with van der Waals surface area (Å²) in [6.45, 7) is 3.34. The van der Waals surface area contributed by atoms with Gasteiger partial charge in [-0.15, -0.1) is 6.58 Å². The van der Waals surface area contributed by atoms with E-state index in [1.165, 1.54) is 5.56 Å². The molecule has 8 heteroatoms. The molecule has 11 atom stereocenters. The molecule has 2 aromatic carbocycles. The Morgan fingerprint density at radius 1 is 0.660 bits per heavy atom. The van der Waals surface area contributed by atoms with Crippen LogP contribution in [0.4, 0.5) is 0 Å². The molecule has 2 aliphatic rings. The average molecular weight is 655 g/mol. The quantitative estimate of drug-likeness (QED) is 0.135. The molecule has 0 radical (unpaired) electrons. The van der Waals surface area contributed by atoms with Crippen molar-refractivity contribution in [2.75, 3.05) is 6.61 Å². The zero-order valence-electron chi connectivity index (χ0n) is 26.7. The fraction of sp³-hybridized carbons (Fsp3) is 0.538. The van der Waals surface area contributed by atoms with E-state index in [9.17, 15) is 35.7 Å². The van der Waals surface area contributed by atoms with E-state index in [0.717, 1.165) is 18.4 Å². The van der Waals surface area contributed by atoms with Gasteiger partial charge in [0, 0.05) is 24.7 Å². The first-order chi connectivity index (χ1) is 22.1. The largest absolute Gasteiger partial charge is 0.394 e. The SMILES string of the molecule is C.C=CC[C@@H]1[C@@H](/C=C/[C@@H](O)CCc2ccccc2)[C@H](O)C[C@@H]1O.OCC(O)C[C@@H]1[C@@H](/C=C/[C@@H](O)CCc2ccccc2)[C@H](O)C[C@@H]1O. The van der Waals surface area contributed by atoms with E-state index in [1.807, 2.05) is 66.7 Å². The van der Waals surface area contributed by atoms with Gasteiger partial charge in [-0.05, 0) is 61.5 Å². The lowest BCUT2D eigenvalue weighted by atomic mass is 9.88. The maximum atomic E-state index is 10.1. The Balaban J connectivity index is 0.000000321. The van der Waals surface area contributed by atoms with Gasteiger partial charge in [-0.3, -0.25) is 0 Å². The van der Waals surface area contributed by atoms with E-state index < -0.39 is 42.7 Å². The molecule has 0 aliphatic heterocycles. The van der Waals surface area contributed by atoms with E-state index >= 15 is 0 Å². The average Bonchev–Trinajstić information content (AvgIpc) is 3.48. The lowest BCUT2D eigenvalue weighted by Gasteiger charge is -2.23. The molecule has 0 amide bonds. The van der Waals surface area contributed by atoms with Crippen LogP contribution in [0, 0.1) is 23.7 Å². The summed E-state index contributed by atoms with van der Waals surface area (Å²) in [6, 6.07) is 20.0. The van der Waals surface area contributed by atoms with Crippen molar-refractivity contribution in [3.05, 3.63) is 109 Å². The number of aliphatic hydroxyl groups excluding tert-OH is 8. The Bertz CT molecular complexity index is 1170. The molecule has 4 rings (SSSR count). The molecule has 1 unspecified atom stereocenters. The highest BCUT2D eigenvalue weighted by atomic mass is 16.3. The summed E-state index contributed by atoms with van der Waals surface area (Å²) in [4.78, 5) is 0. The second-order valence-corrected chi connectivity index (χ2v) is 12.8. The van der Waals surface area contributed by atoms with Crippen LogP contribution in [0.2, 0.25) is 0 Å². The van der Waals surface area contributed by atoms with Crippen LogP contribution in [0.1, 0.15) is 57.1 Å². The van der Waals surface area contributed by atoms with Crippen molar-refractivity contribution in [2.24, 2.45) is 23.7 Å². The second kappa shape index (κ2) is 21.3. The smallest absolute Gasteiger partial charge is 0.0774 e. The fourth-order valence-corrected chi connectivity index (χ4v) is 6.62. The molecule has 47 heavy (non-hydrogen) atoms. The number of hydrogen-bond acceptors (Lipinski definition) is 8. The van der Waals surface area contributed by atoms with Crippen molar-refractivity contribution in [1.29, 1.82) is 0 Å². The summed E-state index contributed by atoms with van der Waals surface area (Å²) in [6.07, 6.45) is 8.63. The molecule has 8 N–H and O–H groups in total. The third-order valence-corrected chi connectivity index (χ3v) is 9.28. The van der Waals surface area contributed by atoms with Gasteiger partial charge in [-0.2, -0.15) is 0 Å². The van der Waals surface area contributed by atoms with Crippen molar-refractivity contribution in [2.45, 2.75) is 102 Å². The number of benzene rings is 2. The molecule has 2 fully saturated rings. The predicted molar refractivity (Wildman–Crippen MR) is 186 cm³/mol. The van der Waals surface area contributed by atoms with E-state index in [2.05, 4.69) is 6.58 Å². The van der Waals surface area contributed by atoms with Gasteiger partial charge in [0.1, 0.15) is 0 Å². The Hall–Kier alpha value is -2.66. The summed E-state index contributed by atoms with van der Waals surface area (Å²) in [5, 5.41) is 79.0. The number of aryl methyl sites for hydroxylation is 2. The third-order valence-electron chi connectivity index (χ3n) is 9.28. The van der Waals surface area contributed by atoms with Crippen LogP contribution >= 0.6 is 0 Å². The Morgan fingerprint density at radius 3 is 1.51 bits per heavy atom. The van der Waals surface area contributed by atoms with Crippen LogP contribution in [-0.4, -0.2) is 90.2 Å². The summed E-state index contributed by atoms with van der Waals surface area (Å²) >= 11 is 0. The Labute approximate surface area is 281 Å². The van der Waals surface area contributed by atoms with Crippen molar-refractivity contribution >= 4 is 0 Å². The van der Waals surface area contributed by atoms with Gasteiger partial charge in [0.05, 0.1) is 49.3 Å². The van der Waals surface area contributed by atoms with Gasteiger partial charge in [0.15, 0.2) is 0 Å². The van der Waals surface area contributed by atoms with Gasteiger partial charge in [0.2, 0.25) is 0 Å². The lowest BCUT2D eigenvalue weighted by molar-refractivity contribution is 0.0384. The van der Waals surface area contributed by atoms with Crippen LogP contribution in [0.3, 0.4) is 0 Å². The first-order valence-electron chi connectivity index (χ1n) is 16.6. The van der Waals surface area contributed by atoms with Crippen LogP contribution in [-0.2, 0) is 12.8 Å². The van der Waals surface area contributed by atoms with E-state index in [-0.39, 0.29) is 50.5 Å². The molecule has 0 aromatic heterocycles.